The van der Waals surface area contributed by atoms with Crippen LogP contribution in [0, 0.1) is 0 Å². The maximum atomic E-state index is 11.2. The van der Waals surface area contributed by atoms with Gasteiger partial charge in [-0.2, -0.15) is 0 Å². The number of carbonyl (C=O) groups excluding carboxylic acids is 1. The van der Waals surface area contributed by atoms with Crippen molar-refractivity contribution in [1.29, 1.82) is 0 Å². The standard InChI is InChI=1S/C14H16N2O3S/c1-2-18-13(17)6-7-19-11-5-3-4-10(8-11)12-9-20-14(15)16-12/h3-5,8-9H,2,6-7H2,1H3,(H2,15,16). The highest BCUT2D eigenvalue weighted by Crippen LogP contribution is 2.26. The number of hydrogen-bond acceptors (Lipinski definition) is 6. The van der Waals surface area contributed by atoms with E-state index in [1.807, 2.05) is 29.6 Å². The molecule has 0 atom stereocenters. The number of thiazole rings is 1. The van der Waals surface area contributed by atoms with Gasteiger partial charge in [-0.3, -0.25) is 4.79 Å². The highest BCUT2D eigenvalue weighted by molar-refractivity contribution is 7.13. The summed E-state index contributed by atoms with van der Waals surface area (Å²) < 4.78 is 10.4. The van der Waals surface area contributed by atoms with Gasteiger partial charge < -0.3 is 15.2 Å². The third-order valence-corrected chi connectivity index (χ3v) is 3.21. The summed E-state index contributed by atoms with van der Waals surface area (Å²) in [6.45, 7) is 2.46. The zero-order valence-electron chi connectivity index (χ0n) is 11.2. The van der Waals surface area contributed by atoms with Crippen LogP contribution in [-0.4, -0.2) is 24.2 Å². The van der Waals surface area contributed by atoms with E-state index in [2.05, 4.69) is 4.98 Å². The molecule has 0 aliphatic heterocycles. The lowest BCUT2D eigenvalue weighted by Gasteiger charge is -2.07. The molecule has 1 aromatic carbocycles. The molecule has 0 radical (unpaired) electrons. The van der Waals surface area contributed by atoms with Gasteiger partial charge in [-0.25, -0.2) is 4.98 Å². The van der Waals surface area contributed by atoms with Crippen LogP contribution in [0.25, 0.3) is 11.3 Å². The molecule has 20 heavy (non-hydrogen) atoms. The molecule has 0 bridgehead atoms. The molecule has 2 aromatic rings. The van der Waals surface area contributed by atoms with E-state index in [0.29, 0.717) is 24.1 Å². The molecule has 0 unspecified atom stereocenters. The van der Waals surface area contributed by atoms with Crippen molar-refractivity contribution in [2.24, 2.45) is 0 Å². The normalized spacial score (nSPS) is 10.2. The van der Waals surface area contributed by atoms with Crippen molar-refractivity contribution in [3.63, 3.8) is 0 Å². The van der Waals surface area contributed by atoms with E-state index in [1.54, 1.807) is 6.92 Å². The lowest BCUT2D eigenvalue weighted by atomic mass is 10.2. The highest BCUT2D eigenvalue weighted by Gasteiger charge is 2.05. The minimum Gasteiger partial charge on any atom is -0.493 e. The van der Waals surface area contributed by atoms with Crippen LogP contribution in [0.3, 0.4) is 0 Å². The van der Waals surface area contributed by atoms with Gasteiger partial charge in [-0.15, -0.1) is 11.3 Å². The topological polar surface area (TPSA) is 74.4 Å². The number of benzene rings is 1. The Bertz CT molecular complexity index is 583. The highest BCUT2D eigenvalue weighted by atomic mass is 32.1. The number of rotatable bonds is 6. The van der Waals surface area contributed by atoms with Crippen LogP contribution < -0.4 is 10.5 Å². The Labute approximate surface area is 121 Å². The second kappa shape index (κ2) is 6.91. The maximum absolute atomic E-state index is 11.2. The van der Waals surface area contributed by atoms with Gasteiger partial charge in [0.05, 0.1) is 25.3 Å². The van der Waals surface area contributed by atoms with E-state index in [-0.39, 0.29) is 12.4 Å². The molecule has 1 heterocycles. The SMILES string of the molecule is CCOC(=O)CCOc1cccc(-c2csc(N)n2)c1. The van der Waals surface area contributed by atoms with Gasteiger partial charge in [-0.05, 0) is 19.1 Å². The first-order valence-corrected chi connectivity index (χ1v) is 7.17. The van der Waals surface area contributed by atoms with Gasteiger partial charge >= 0.3 is 5.97 Å². The number of nitrogen functional groups attached to an aromatic ring is 1. The van der Waals surface area contributed by atoms with Crippen LogP contribution >= 0.6 is 11.3 Å². The first-order chi connectivity index (χ1) is 9.69. The van der Waals surface area contributed by atoms with Crippen molar-refractivity contribution in [3.8, 4) is 17.0 Å². The molecule has 5 nitrogen and oxygen atoms in total. The fraction of sp³-hybridized carbons (Fsp3) is 0.286. The predicted molar refractivity (Wildman–Crippen MR) is 78.7 cm³/mol. The molecule has 106 valence electrons. The monoisotopic (exact) mass is 292 g/mol. The number of hydrogen-bond donors (Lipinski definition) is 1. The largest absolute Gasteiger partial charge is 0.493 e. The number of anilines is 1. The predicted octanol–water partition coefficient (Wildman–Crippen LogP) is 2.72. The molecular formula is C14H16N2O3S. The average molecular weight is 292 g/mol. The second-order valence-electron chi connectivity index (χ2n) is 4.00. The van der Waals surface area contributed by atoms with Gasteiger partial charge in [-0.1, -0.05) is 12.1 Å². The second-order valence-corrected chi connectivity index (χ2v) is 4.89. The van der Waals surface area contributed by atoms with Crippen LogP contribution in [0.2, 0.25) is 0 Å². The Balaban J connectivity index is 1.95. The Kier molecular flexibility index (Phi) is 4.95. The van der Waals surface area contributed by atoms with E-state index in [4.69, 9.17) is 15.2 Å². The third kappa shape index (κ3) is 3.96. The van der Waals surface area contributed by atoms with Gasteiger partial charge in [0.15, 0.2) is 5.13 Å². The summed E-state index contributed by atoms with van der Waals surface area (Å²) in [5, 5.41) is 2.43. The molecular weight excluding hydrogens is 276 g/mol. The quantitative estimate of drug-likeness (QED) is 0.829. The summed E-state index contributed by atoms with van der Waals surface area (Å²) in [5.41, 5.74) is 7.38. The van der Waals surface area contributed by atoms with Crippen LogP contribution in [-0.2, 0) is 9.53 Å². The van der Waals surface area contributed by atoms with Gasteiger partial charge in [0.1, 0.15) is 5.75 Å². The molecule has 6 heteroatoms. The molecule has 1 aromatic heterocycles. The molecule has 0 amide bonds. The van der Waals surface area contributed by atoms with Crippen molar-refractivity contribution in [1.82, 2.24) is 4.98 Å². The summed E-state index contributed by atoms with van der Waals surface area (Å²) in [4.78, 5) is 15.4. The summed E-state index contributed by atoms with van der Waals surface area (Å²) in [6.07, 6.45) is 0.238. The van der Waals surface area contributed by atoms with Crippen molar-refractivity contribution < 1.29 is 14.3 Å². The molecule has 0 spiro atoms. The van der Waals surface area contributed by atoms with Crippen LogP contribution in [0.1, 0.15) is 13.3 Å². The van der Waals surface area contributed by atoms with Crippen LogP contribution in [0.5, 0.6) is 5.75 Å². The fourth-order valence-corrected chi connectivity index (χ4v) is 2.22. The van der Waals surface area contributed by atoms with Crippen LogP contribution in [0.4, 0.5) is 5.13 Å². The molecule has 2 N–H and O–H groups in total. The summed E-state index contributed by atoms with van der Waals surface area (Å²) >= 11 is 1.40. The Morgan fingerprint density at radius 3 is 3.00 bits per heavy atom. The average Bonchev–Trinajstić information content (AvgIpc) is 2.86. The number of esters is 1. The van der Waals surface area contributed by atoms with E-state index >= 15 is 0 Å². The number of carbonyl (C=O) groups is 1. The van der Waals surface area contributed by atoms with Crippen molar-refractivity contribution in [3.05, 3.63) is 29.6 Å². The van der Waals surface area contributed by atoms with E-state index in [1.165, 1.54) is 11.3 Å². The Hall–Kier alpha value is -2.08. The molecule has 0 saturated heterocycles. The van der Waals surface area contributed by atoms with Crippen molar-refractivity contribution in [2.75, 3.05) is 18.9 Å². The summed E-state index contributed by atoms with van der Waals surface area (Å²) in [7, 11) is 0. The zero-order valence-corrected chi connectivity index (χ0v) is 12.0. The Morgan fingerprint density at radius 1 is 1.45 bits per heavy atom. The number of aromatic nitrogens is 1. The molecule has 0 saturated carbocycles. The molecule has 0 fully saturated rings. The smallest absolute Gasteiger partial charge is 0.309 e. The molecule has 2 rings (SSSR count). The Morgan fingerprint density at radius 2 is 2.30 bits per heavy atom. The molecule has 0 aliphatic carbocycles. The number of nitrogens with two attached hydrogens (primary N) is 1. The fourth-order valence-electron chi connectivity index (χ4n) is 1.65. The first kappa shape index (κ1) is 14.3. The summed E-state index contributed by atoms with van der Waals surface area (Å²) in [6, 6.07) is 7.53. The maximum Gasteiger partial charge on any atom is 0.309 e. The van der Waals surface area contributed by atoms with Crippen molar-refractivity contribution in [2.45, 2.75) is 13.3 Å². The van der Waals surface area contributed by atoms with E-state index < -0.39 is 0 Å². The number of ether oxygens (including phenoxy) is 2. The minimum absolute atomic E-state index is 0.238. The van der Waals surface area contributed by atoms with E-state index in [9.17, 15) is 4.79 Å². The lowest BCUT2D eigenvalue weighted by molar-refractivity contribution is -0.143. The van der Waals surface area contributed by atoms with E-state index in [0.717, 1.165) is 11.3 Å². The third-order valence-electron chi connectivity index (χ3n) is 2.53. The number of nitrogens with zero attached hydrogens (tertiary/aromatic N) is 1. The zero-order chi connectivity index (χ0) is 14.4. The molecule has 0 aliphatic rings. The van der Waals surface area contributed by atoms with Gasteiger partial charge in [0.2, 0.25) is 0 Å². The lowest BCUT2D eigenvalue weighted by Crippen LogP contribution is -2.09. The van der Waals surface area contributed by atoms with Gasteiger partial charge in [0, 0.05) is 10.9 Å². The van der Waals surface area contributed by atoms with Crippen LogP contribution in [0.15, 0.2) is 29.6 Å². The minimum atomic E-state index is -0.254. The van der Waals surface area contributed by atoms with Crippen molar-refractivity contribution >= 4 is 22.4 Å². The van der Waals surface area contributed by atoms with Gasteiger partial charge in [0.25, 0.3) is 0 Å². The summed E-state index contributed by atoms with van der Waals surface area (Å²) in [5.74, 6) is 0.439. The first-order valence-electron chi connectivity index (χ1n) is 6.29.